The van der Waals surface area contributed by atoms with Gasteiger partial charge in [-0.1, -0.05) is 0 Å². The molecule has 1 unspecified atom stereocenters. The van der Waals surface area contributed by atoms with Crippen LogP contribution in [0.2, 0.25) is 0 Å². The van der Waals surface area contributed by atoms with Crippen molar-refractivity contribution in [3.8, 4) is 12.1 Å². The van der Waals surface area contributed by atoms with Crippen LogP contribution in [-0.2, 0) is 0 Å². The Morgan fingerprint density at radius 1 is 1.26 bits per heavy atom. The molecule has 2 heterocycles. The first-order valence-electron chi connectivity index (χ1n) is 7.63. The van der Waals surface area contributed by atoms with E-state index in [9.17, 15) is 4.39 Å². The monoisotopic (exact) mass is 312 g/mol. The molecule has 2 saturated heterocycles. The number of benzene rings is 1. The van der Waals surface area contributed by atoms with E-state index in [2.05, 4.69) is 20.3 Å². The molecular formula is C16H17FN6. The summed E-state index contributed by atoms with van der Waals surface area (Å²) in [5, 5.41) is 20.9. The third-order valence-electron chi connectivity index (χ3n) is 4.38. The quantitative estimate of drug-likeness (QED) is 0.681. The van der Waals surface area contributed by atoms with Crippen molar-refractivity contribution in [3.63, 3.8) is 0 Å². The molecule has 1 aromatic rings. The second-order valence-corrected chi connectivity index (χ2v) is 5.74. The van der Waals surface area contributed by atoms with Crippen molar-refractivity contribution >= 4 is 17.1 Å². The number of fused-ring (bicyclic) bond motifs is 1. The van der Waals surface area contributed by atoms with Gasteiger partial charge in [0.1, 0.15) is 18.0 Å². The van der Waals surface area contributed by atoms with Crippen molar-refractivity contribution in [2.75, 3.05) is 36.5 Å². The molecule has 6 nitrogen and oxygen atoms in total. The van der Waals surface area contributed by atoms with E-state index in [-0.39, 0.29) is 11.5 Å². The fraction of sp³-hybridized carbons (Fsp3) is 0.438. The highest BCUT2D eigenvalue weighted by Crippen LogP contribution is 2.28. The molecular weight excluding hydrogens is 295 g/mol. The molecule has 0 radical (unpaired) electrons. The summed E-state index contributed by atoms with van der Waals surface area (Å²) in [5.74, 6) is -0.327. The lowest BCUT2D eigenvalue weighted by Crippen LogP contribution is -2.50. The number of nitrogens with one attached hydrogen (secondary N) is 1. The number of halogens is 1. The van der Waals surface area contributed by atoms with Crippen LogP contribution in [0, 0.1) is 28.5 Å². The van der Waals surface area contributed by atoms with Gasteiger partial charge >= 0.3 is 0 Å². The minimum Gasteiger partial charge on any atom is -0.366 e. The van der Waals surface area contributed by atoms with Gasteiger partial charge in [-0.15, -0.1) is 0 Å². The lowest BCUT2D eigenvalue weighted by Gasteiger charge is -2.38. The van der Waals surface area contributed by atoms with Gasteiger partial charge in [0.25, 0.3) is 0 Å². The molecule has 118 valence electrons. The molecule has 1 atom stereocenters. The number of nitriles is 2. The molecule has 0 spiro atoms. The summed E-state index contributed by atoms with van der Waals surface area (Å²) in [7, 11) is 0. The van der Waals surface area contributed by atoms with Crippen molar-refractivity contribution in [1.82, 2.24) is 4.90 Å². The SMILES string of the molecule is N#CC(C#N)=NNc1ccc(N2CCN3CCCC3C2)c(F)c1. The van der Waals surface area contributed by atoms with Crippen LogP contribution < -0.4 is 10.3 Å². The van der Waals surface area contributed by atoms with Gasteiger partial charge in [0.2, 0.25) is 5.71 Å². The van der Waals surface area contributed by atoms with Crippen LogP contribution in [0.1, 0.15) is 12.8 Å². The molecule has 0 aliphatic carbocycles. The highest BCUT2D eigenvalue weighted by molar-refractivity contribution is 6.10. The summed E-state index contributed by atoms with van der Waals surface area (Å²) in [6, 6.07) is 8.57. The number of anilines is 2. The first-order chi connectivity index (χ1) is 11.2. The van der Waals surface area contributed by atoms with Crippen LogP contribution in [0.25, 0.3) is 0 Å². The molecule has 1 aromatic carbocycles. The van der Waals surface area contributed by atoms with E-state index in [4.69, 9.17) is 10.5 Å². The maximum atomic E-state index is 14.4. The van der Waals surface area contributed by atoms with Crippen molar-refractivity contribution < 1.29 is 4.39 Å². The number of rotatable bonds is 3. The predicted octanol–water partition coefficient (Wildman–Crippen LogP) is 1.93. The van der Waals surface area contributed by atoms with E-state index < -0.39 is 0 Å². The van der Waals surface area contributed by atoms with Gasteiger partial charge < -0.3 is 4.90 Å². The van der Waals surface area contributed by atoms with E-state index in [0.29, 0.717) is 17.4 Å². The average molecular weight is 312 g/mol. The summed E-state index contributed by atoms with van der Waals surface area (Å²) >= 11 is 0. The smallest absolute Gasteiger partial charge is 0.237 e. The maximum absolute atomic E-state index is 14.4. The van der Waals surface area contributed by atoms with Crippen LogP contribution in [0.4, 0.5) is 15.8 Å². The highest BCUT2D eigenvalue weighted by atomic mass is 19.1. The molecule has 0 aromatic heterocycles. The second-order valence-electron chi connectivity index (χ2n) is 5.74. The van der Waals surface area contributed by atoms with Crippen molar-refractivity contribution in [2.24, 2.45) is 5.10 Å². The fourth-order valence-electron chi connectivity index (χ4n) is 3.24. The number of nitrogens with zero attached hydrogens (tertiary/aromatic N) is 5. The summed E-state index contributed by atoms with van der Waals surface area (Å²) in [6.45, 7) is 3.81. The van der Waals surface area contributed by atoms with Crippen LogP contribution in [0.3, 0.4) is 0 Å². The minimum atomic E-state index is -0.327. The van der Waals surface area contributed by atoms with E-state index in [1.54, 1.807) is 24.3 Å². The molecule has 0 saturated carbocycles. The molecule has 3 rings (SSSR count). The molecule has 2 aliphatic rings. The van der Waals surface area contributed by atoms with Gasteiger partial charge in [0.15, 0.2) is 0 Å². The zero-order chi connectivity index (χ0) is 16.2. The van der Waals surface area contributed by atoms with Crippen molar-refractivity contribution in [1.29, 1.82) is 10.5 Å². The zero-order valence-electron chi connectivity index (χ0n) is 12.7. The van der Waals surface area contributed by atoms with Gasteiger partial charge in [0.05, 0.1) is 11.4 Å². The van der Waals surface area contributed by atoms with Crippen molar-refractivity contribution in [2.45, 2.75) is 18.9 Å². The van der Waals surface area contributed by atoms with Crippen molar-refractivity contribution in [3.05, 3.63) is 24.0 Å². The third kappa shape index (κ3) is 3.25. The molecule has 0 amide bonds. The van der Waals surface area contributed by atoms with E-state index in [1.165, 1.54) is 18.9 Å². The largest absolute Gasteiger partial charge is 0.366 e. The topological polar surface area (TPSA) is 78.4 Å². The fourth-order valence-corrected chi connectivity index (χ4v) is 3.24. The lowest BCUT2D eigenvalue weighted by atomic mass is 10.1. The van der Waals surface area contributed by atoms with Gasteiger partial charge in [-0.2, -0.15) is 15.6 Å². The van der Waals surface area contributed by atoms with Gasteiger partial charge in [-0.3, -0.25) is 10.3 Å². The average Bonchev–Trinajstić information content (AvgIpc) is 3.03. The van der Waals surface area contributed by atoms with Gasteiger partial charge in [-0.25, -0.2) is 4.39 Å². The van der Waals surface area contributed by atoms with E-state index in [0.717, 1.165) is 26.2 Å². The lowest BCUT2D eigenvalue weighted by molar-refractivity contribution is 0.230. The Bertz CT molecular complexity index is 686. The number of hydrazone groups is 1. The first kappa shape index (κ1) is 15.3. The molecule has 7 heteroatoms. The molecule has 1 N–H and O–H groups in total. The Morgan fingerprint density at radius 3 is 2.83 bits per heavy atom. The molecule has 2 fully saturated rings. The van der Waals surface area contributed by atoms with E-state index >= 15 is 0 Å². The molecule has 2 aliphatic heterocycles. The number of hydrogen-bond acceptors (Lipinski definition) is 6. The third-order valence-corrected chi connectivity index (χ3v) is 4.38. The summed E-state index contributed by atoms with van der Waals surface area (Å²) in [5.41, 5.74) is 3.23. The summed E-state index contributed by atoms with van der Waals surface area (Å²) < 4.78 is 14.4. The summed E-state index contributed by atoms with van der Waals surface area (Å²) in [4.78, 5) is 4.56. The van der Waals surface area contributed by atoms with Gasteiger partial charge in [0, 0.05) is 31.7 Å². The highest BCUT2D eigenvalue weighted by Gasteiger charge is 2.31. The Labute approximate surface area is 134 Å². The normalized spacial score (nSPS) is 20.3. The second kappa shape index (κ2) is 6.64. The number of piperazine rings is 1. The molecule has 23 heavy (non-hydrogen) atoms. The van der Waals surface area contributed by atoms with Gasteiger partial charge in [-0.05, 0) is 31.5 Å². The first-order valence-corrected chi connectivity index (χ1v) is 7.63. The standard InChI is InChI=1S/C16H17FN6/c17-15-8-12(20-21-13(9-18)10-19)3-4-16(15)23-7-6-22-5-1-2-14(22)11-23/h3-4,8,14,20H,1-2,5-7,11H2. The minimum absolute atomic E-state index is 0.299. The number of hydrogen-bond donors (Lipinski definition) is 1. The Morgan fingerprint density at radius 2 is 2.09 bits per heavy atom. The van der Waals surface area contributed by atoms with Crippen LogP contribution >= 0.6 is 0 Å². The van der Waals surface area contributed by atoms with E-state index in [1.807, 2.05) is 0 Å². The Kier molecular flexibility index (Phi) is 4.40. The summed E-state index contributed by atoms with van der Waals surface area (Å²) in [6.07, 6.45) is 2.40. The van der Waals surface area contributed by atoms with Crippen LogP contribution in [-0.4, -0.2) is 42.8 Å². The molecule has 0 bridgehead atoms. The predicted molar refractivity (Wildman–Crippen MR) is 85.5 cm³/mol. The van der Waals surface area contributed by atoms with Crippen LogP contribution in [0.5, 0.6) is 0 Å². The Hall–Kier alpha value is -2.64. The Balaban J connectivity index is 1.71. The zero-order valence-corrected chi connectivity index (χ0v) is 12.7. The maximum Gasteiger partial charge on any atom is 0.237 e. The van der Waals surface area contributed by atoms with Crippen LogP contribution in [0.15, 0.2) is 23.3 Å².